The number of hydrogen-bond acceptors (Lipinski definition) is 3. The van der Waals surface area contributed by atoms with Gasteiger partial charge in [0.15, 0.2) is 0 Å². The fourth-order valence-corrected chi connectivity index (χ4v) is 2.82. The van der Waals surface area contributed by atoms with Crippen molar-refractivity contribution >= 4 is 15.9 Å². The highest BCUT2D eigenvalue weighted by Crippen LogP contribution is 2.27. The SMILES string of the molecule is CN(CC1CCC1)C(=O)c1cc(S(N)(=O)=O)cn1C. The summed E-state index contributed by atoms with van der Waals surface area (Å²) in [4.78, 5) is 13.9. The molecule has 0 bridgehead atoms. The zero-order valence-electron chi connectivity index (χ0n) is 11.2. The Morgan fingerprint density at radius 3 is 2.58 bits per heavy atom. The number of sulfonamides is 1. The summed E-state index contributed by atoms with van der Waals surface area (Å²) in [6.07, 6.45) is 4.91. The molecule has 0 spiro atoms. The van der Waals surface area contributed by atoms with Gasteiger partial charge in [0.2, 0.25) is 10.0 Å². The van der Waals surface area contributed by atoms with E-state index in [9.17, 15) is 13.2 Å². The molecule has 0 aromatic carbocycles. The average molecular weight is 285 g/mol. The summed E-state index contributed by atoms with van der Waals surface area (Å²) in [6, 6.07) is 1.33. The van der Waals surface area contributed by atoms with Gasteiger partial charge in [-0.05, 0) is 24.8 Å². The summed E-state index contributed by atoms with van der Waals surface area (Å²) >= 11 is 0. The molecular formula is C12H19N3O3S. The monoisotopic (exact) mass is 285 g/mol. The molecule has 106 valence electrons. The van der Waals surface area contributed by atoms with Crippen molar-refractivity contribution < 1.29 is 13.2 Å². The minimum Gasteiger partial charge on any atom is -0.345 e. The number of hydrogen-bond donors (Lipinski definition) is 1. The molecule has 1 aliphatic carbocycles. The van der Waals surface area contributed by atoms with Crippen LogP contribution in [0.4, 0.5) is 0 Å². The van der Waals surface area contributed by atoms with Crippen LogP contribution in [-0.2, 0) is 17.1 Å². The van der Waals surface area contributed by atoms with Crippen LogP contribution < -0.4 is 5.14 Å². The second-order valence-corrected chi connectivity index (χ2v) is 6.76. The first-order valence-electron chi connectivity index (χ1n) is 6.23. The predicted molar refractivity (Wildman–Crippen MR) is 71.1 cm³/mol. The van der Waals surface area contributed by atoms with Gasteiger partial charge in [0, 0.05) is 26.8 Å². The highest BCUT2D eigenvalue weighted by atomic mass is 32.2. The maximum Gasteiger partial charge on any atom is 0.270 e. The van der Waals surface area contributed by atoms with Crippen molar-refractivity contribution in [2.75, 3.05) is 13.6 Å². The van der Waals surface area contributed by atoms with Gasteiger partial charge in [-0.2, -0.15) is 0 Å². The van der Waals surface area contributed by atoms with Crippen LogP contribution in [0.15, 0.2) is 17.2 Å². The molecule has 1 aromatic heterocycles. The van der Waals surface area contributed by atoms with E-state index < -0.39 is 10.0 Å². The van der Waals surface area contributed by atoms with Crippen molar-refractivity contribution in [3.63, 3.8) is 0 Å². The van der Waals surface area contributed by atoms with Crippen LogP contribution >= 0.6 is 0 Å². The second kappa shape index (κ2) is 4.97. The topological polar surface area (TPSA) is 85.4 Å². The molecule has 7 heteroatoms. The minimum atomic E-state index is -3.77. The molecule has 1 aromatic rings. The van der Waals surface area contributed by atoms with Crippen molar-refractivity contribution in [1.29, 1.82) is 0 Å². The standard InChI is InChI=1S/C12H19N3O3S/c1-14-8-10(19(13,17)18)6-11(14)12(16)15(2)7-9-4-3-5-9/h6,8-9H,3-5,7H2,1-2H3,(H2,13,17,18). The van der Waals surface area contributed by atoms with E-state index in [1.165, 1.54) is 23.3 Å². The van der Waals surface area contributed by atoms with E-state index in [2.05, 4.69) is 0 Å². The number of nitrogens with zero attached hydrogens (tertiary/aromatic N) is 2. The molecule has 0 unspecified atom stereocenters. The van der Waals surface area contributed by atoms with Crippen molar-refractivity contribution in [2.24, 2.45) is 18.1 Å². The maximum absolute atomic E-state index is 12.3. The summed E-state index contributed by atoms with van der Waals surface area (Å²) in [7, 11) is -0.393. The van der Waals surface area contributed by atoms with Crippen LogP contribution in [0.25, 0.3) is 0 Å². The summed E-state index contributed by atoms with van der Waals surface area (Å²) in [5.74, 6) is 0.399. The van der Waals surface area contributed by atoms with Crippen LogP contribution in [0.5, 0.6) is 0 Å². The molecule has 6 nitrogen and oxygen atoms in total. The Kier molecular flexibility index (Phi) is 3.69. The van der Waals surface area contributed by atoms with Crippen LogP contribution in [0.2, 0.25) is 0 Å². The first-order chi connectivity index (χ1) is 8.79. The number of rotatable bonds is 4. The normalized spacial score (nSPS) is 16.2. The number of aromatic nitrogens is 1. The quantitative estimate of drug-likeness (QED) is 0.876. The average Bonchev–Trinajstić information content (AvgIpc) is 2.64. The Balaban J connectivity index is 2.16. The lowest BCUT2D eigenvalue weighted by Gasteiger charge is -2.30. The molecule has 2 rings (SSSR count). The summed E-state index contributed by atoms with van der Waals surface area (Å²) in [6.45, 7) is 0.717. The third-order valence-corrected chi connectivity index (χ3v) is 4.51. The van der Waals surface area contributed by atoms with Gasteiger partial charge < -0.3 is 9.47 Å². The van der Waals surface area contributed by atoms with Gasteiger partial charge in [-0.3, -0.25) is 4.79 Å². The van der Waals surface area contributed by atoms with E-state index in [1.807, 2.05) is 0 Å². The molecule has 1 saturated carbocycles. The van der Waals surface area contributed by atoms with Crippen molar-refractivity contribution in [3.8, 4) is 0 Å². The molecule has 19 heavy (non-hydrogen) atoms. The molecule has 1 heterocycles. The molecule has 1 fully saturated rings. The van der Waals surface area contributed by atoms with E-state index in [1.54, 1.807) is 19.0 Å². The first-order valence-corrected chi connectivity index (χ1v) is 7.78. The molecular weight excluding hydrogens is 266 g/mol. The number of nitrogens with two attached hydrogens (primary N) is 1. The smallest absolute Gasteiger partial charge is 0.270 e. The number of amides is 1. The highest BCUT2D eigenvalue weighted by molar-refractivity contribution is 7.89. The zero-order chi connectivity index (χ0) is 14.2. The Hall–Kier alpha value is -1.34. The van der Waals surface area contributed by atoms with Crippen LogP contribution in [0, 0.1) is 5.92 Å². The van der Waals surface area contributed by atoms with E-state index >= 15 is 0 Å². The molecule has 0 radical (unpaired) electrons. The fraction of sp³-hybridized carbons (Fsp3) is 0.583. The van der Waals surface area contributed by atoms with Crippen LogP contribution in [0.1, 0.15) is 29.8 Å². The van der Waals surface area contributed by atoms with Gasteiger partial charge in [0.1, 0.15) is 10.6 Å². The molecule has 0 saturated heterocycles. The van der Waals surface area contributed by atoms with Gasteiger partial charge in [0.05, 0.1) is 0 Å². The third-order valence-electron chi connectivity index (χ3n) is 3.63. The number of carbonyl (C=O) groups is 1. The lowest BCUT2D eigenvalue weighted by molar-refractivity contribution is 0.0736. The summed E-state index contributed by atoms with van der Waals surface area (Å²) < 4.78 is 24.0. The lowest BCUT2D eigenvalue weighted by Crippen LogP contribution is -2.35. The summed E-state index contributed by atoms with van der Waals surface area (Å²) in [5, 5.41) is 5.06. The molecule has 1 amide bonds. The van der Waals surface area contributed by atoms with E-state index in [0.717, 1.165) is 12.8 Å². The summed E-state index contributed by atoms with van der Waals surface area (Å²) in [5.41, 5.74) is 0.339. The zero-order valence-corrected chi connectivity index (χ0v) is 12.0. The number of carbonyl (C=O) groups excluding carboxylic acids is 1. The largest absolute Gasteiger partial charge is 0.345 e. The number of primary sulfonamides is 1. The molecule has 2 N–H and O–H groups in total. The van der Waals surface area contributed by atoms with Gasteiger partial charge in [-0.1, -0.05) is 6.42 Å². The van der Waals surface area contributed by atoms with Crippen molar-refractivity contribution in [1.82, 2.24) is 9.47 Å². The minimum absolute atomic E-state index is 0.0320. The predicted octanol–water partition coefficient (Wildman–Crippen LogP) is 0.545. The third kappa shape index (κ3) is 2.98. The van der Waals surface area contributed by atoms with Crippen LogP contribution in [0.3, 0.4) is 0 Å². The van der Waals surface area contributed by atoms with E-state index in [0.29, 0.717) is 18.2 Å². The second-order valence-electron chi connectivity index (χ2n) is 5.20. The van der Waals surface area contributed by atoms with Gasteiger partial charge in [-0.15, -0.1) is 0 Å². The first kappa shape index (κ1) is 14.1. The van der Waals surface area contributed by atoms with Gasteiger partial charge >= 0.3 is 0 Å². The Morgan fingerprint density at radius 2 is 2.16 bits per heavy atom. The van der Waals surface area contributed by atoms with E-state index in [4.69, 9.17) is 5.14 Å². The Bertz CT molecular complexity index is 587. The van der Waals surface area contributed by atoms with Gasteiger partial charge in [-0.25, -0.2) is 13.6 Å². The lowest BCUT2D eigenvalue weighted by atomic mass is 9.85. The van der Waals surface area contributed by atoms with E-state index in [-0.39, 0.29) is 10.8 Å². The fourth-order valence-electron chi connectivity index (χ4n) is 2.24. The van der Waals surface area contributed by atoms with Crippen molar-refractivity contribution in [3.05, 3.63) is 18.0 Å². The highest BCUT2D eigenvalue weighted by Gasteiger charge is 2.24. The maximum atomic E-state index is 12.3. The number of aryl methyl sites for hydroxylation is 1. The molecule has 0 atom stereocenters. The van der Waals surface area contributed by atoms with Gasteiger partial charge in [0.25, 0.3) is 5.91 Å². The Labute approximate surface area is 113 Å². The van der Waals surface area contributed by atoms with Crippen LogP contribution in [-0.4, -0.2) is 37.4 Å². The molecule has 0 aliphatic heterocycles. The molecule has 1 aliphatic rings. The van der Waals surface area contributed by atoms with Crippen molar-refractivity contribution in [2.45, 2.75) is 24.2 Å². The Morgan fingerprint density at radius 1 is 1.53 bits per heavy atom.